The van der Waals surface area contributed by atoms with Gasteiger partial charge in [-0.25, -0.2) is 0 Å². The molecule has 0 saturated carbocycles. The number of carbonyl (C=O) groups is 6. The molecule has 0 aromatic carbocycles. The third-order valence-corrected chi connectivity index (χ3v) is 7.86. The molecule has 0 aliphatic rings. The Morgan fingerprint density at radius 1 is 0.370 bits per heavy atom. The smallest absolute Gasteiger partial charge is 0.549 e. The van der Waals surface area contributed by atoms with Gasteiger partial charge in [0.15, 0.2) is 0 Å². The summed E-state index contributed by atoms with van der Waals surface area (Å²) < 4.78 is 0. The van der Waals surface area contributed by atoms with Crippen molar-refractivity contribution in [3.8, 4) is 0 Å². The molecule has 0 fully saturated rings. The fraction of sp³-hybridized carbons (Fsp3) is 0.833. The molecule has 0 aromatic heterocycles. The molecule has 3 unspecified atom stereocenters. The zero-order chi connectivity index (χ0) is 35.0. The molecule has 0 spiro atoms. The van der Waals surface area contributed by atoms with Gasteiger partial charge >= 0.3 is 17.4 Å². The van der Waals surface area contributed by atoms with Crippen LogP contribution < -0.4 is 15.3 Å². The van der Waals surface area contributed by atoms with E-state index < -0.39 is 35.7 Å². The first-order valence-electron chi connectivity index (χ1n) is 17.4. The standard InChI is InChI=1S/3C12H22O3.Cr/c3*1-3-4-5-6-7-8-9-11(10(2)13)12(14)15;/h3*11H,3-9H2,1-2H3,(H,14,15);/q;;;+3/p-3. The number of carboxylic acids is 3. The predicted molar refractivity (Wildman–Crippen MR) is 172 cm³/mol. The number of carboxylic acid groups (broad SMARTS) is 3. The van der Waals surface area contributed by atoms with E-state index in [0.29, 0.717) is 19.3 Å². The third kappa shape index (κ3) is 33.3. The predicted octanol–water partition coefficient (Wildman–Crippen LogP) is 5.07. The van der Waals surface area contributed by atoms with E-state index >= 15 is 0 Å². The molecule has 0 aliphatic carbocycles. The first-order chi connectivity index (χ1) is 21.3. The average Bonchev–Trinajstić information content (AvgIpc) is 2.95. The summed E-state index contributed by atoms with van der Waals surface area (Å²) in [7, 11) is 0. The van der Waals surface area contributed by atoms with Gasteiger partial charge in [0.05, 0.1) is 35.7 Å². The van der Waals surface area contributed by atoms with E-state index in [1.54, 1.807) is 0 Å². The van der Waals surface area contributed by atoms with Crippen LogP contribution in [0.3, 0.4) is 0 Å². The number of aliphatic carboxylic acids is 3. The Balaban J connectivity index is -0.000000285. The number of carbonyl (C=O) groups excluding carboxylic acids is 6. The molecule has 10 heteroatoms. The summed E-state index contributed by atoms with van der Waals surface area (Å²) in [5.41, 5.74) is 0. The summed E-state index contributed by atoms with van der Waals surface area (Å²) in [6.45, 7) is 10.4. The van der Waals surface area contributed by atoms with E-state index in [9.17, 15) is 44.1 Å². The largest absolute Gasteiger partial charge is 3.00 e. The minimum absolute atomic E-state index is 0. The van der Waals surface area contributed by atoms with Crippen molar-refractivity contribution in [1.29, 1.82) is 0 Å². The van der Waals surface area contributed by atoms with Gasteiger partial charge in [-0.15, -0.1) is 0 Å². The first-order valence-corrected chi connectivity index (χ1v) is 17.4. The monoisotopic (exact) mass is 691 g/mol. The topological polar surface area (TPSA) is 172 Å². The fourth-order valence-electron chi connectivity index (χ4n) is 4.85. The zero-order valence-electron chi connectivity index (χ0n) is 29.7. The van der Waals surface area contributed by atoms with Gasteiger partial charge in [-0.05, 0) is 40.0 Å². The molecule has 3 atom stereocenters. The van der Waals surface area contributed by atoms with Crippen molar-refractivity contribution in [1.82, 2.24) is 0 Å². The molecule has 0 N–H and O–H groups in total. The number of unbranched alkanes of at least 4 members (excludes halogenated alkanes) is 15. The van der Waals surface area contributed by atoms with Crippen LogP contribution in [0.25, 0.3) is 0 Å². The Bertz CT molecular complexity index is 667. The maximum absolute atomic E-state index is 10.9. The van der Waals surface area contributed by atoms with Crippen LogP contribution in [0.2, 0.25) is 0 Å². The Kier molecular flexibility index (Phi) is 39.5. The summed E-state index contributed by atoms with van der Waals surface area (Å²) in [5, 5.41) is 31.7. The van der Waals surface area contributed by atoms with Crippen LogP contribution >= 0.6 is 0 Å². The SMILES string of the molecule is CCCCCCCCC(C(C)=O)C(=O)[O-].CCCCCCCCC(C(C)=O)C(=O)[O-].CCCCCCCCC(C(C)=O)C(=O)[O-].[Cr+3]. The third-order valence-electron chi connectivity index (χ3n) is 7.86. The number of hydrogen-bond acceptors (Lipinski definition) is 9. The van der Waals surface area contributed by atoms with Gasteiger partial charge in [0.25, 0.3) is 0 Å². The van der Waals surface area contributed by atoms with Crippen LogP contribution in [-0.2, 0) is 46.1 Å². The Hall–Kier alpha value is -2.05. The number of rotatable bonds is 27. The second-order valence-corrected chi connectivity index (χ2v) is 12.1. The number of hydrogen-bond donors (Lipinski definition) is 0. The molecule has 0 aromatic rings. The normalized spacial score (nSPS) is 12.1. The maximum atomic E-state index is 10.9. The van der Waals surface area contributed by atoms with Crippen LogP contribution in [0, 0.1) is 17.8 Å². The van der Waals surface area contributed by atoms with Gasteiger partial charge < -0.3 is 29.7 Å². The van der Waals surface area contributed by atoms with Crippen molar-refractivity contribution < 1.29 is 61.4 Å². The van der Waals surface area contributed by atoms with Crippen molar-refractivity contribution in [2.75, 3.05) is 0 Å². The number of ketones is 3. The molecule has 1 radical (unpaired) electrons. The van der Waals surface area contributed by atoms with Gasteiger partial charge in [0.2, 0.25) is 0 Å². The average molecular weight is 692 g/mol. The second kappa shape index (κ2) is 35.8. The maximum Gasteiger partial charge on any atom is 3.00 e. The molecule has 267 valence electrons. The van der Waals surface area contributed by atoms with Crippen molar-refractivity contribution in [2.45, 2.75) is 176 Å². The van der Waals surface area contributed by atoms with Gasteiger partial charge in [-0.3, -0.25) is 14.4 Å². The molecule has 0 saturated heterocycles. The first kappa shape index (κ1) is 50.8. The van der Waals surface area contributed by atoms with Crippen LogP contribution in [0.4, 0.5) is 0 Å². The van der Waals surface area contributed by atoms with Crippen molar-refractivity contribution in [3.05, 3.63) is 0 Å². The molecule has 46 heavy (non-hydrogen) atoms. The molecule has 0 aliphatic heterocycles. The molecule has 0 amide bonds. The minimum atomic E-state index is -1.23. The van der Waals surface area contributed by atoms with E-state index in [2.05, 4.69) is 20.8 Å². The summed E-state index contributed by atoms with van der Waals surface area (Å²) in [6.07, 6.45) is 21.1. The summed E-state index contributed by atoms with van der Waals surface area (Å²) in [4.78, 5) is 64.5. The van der Waals surface area contributed by atoms with E-state index in [0.717, 1.165) is 57.8 Å². The summed E-state index contributed by atoms with van der Waals surface area (Å²) in [6, 6.07) is 0. The van der Waals surface area contributed by atoms with Crippen LogP contribution in [0.1, 0.15) is 176 Å². The van der Waals surface area contributed by atoms with Crippen molar-refractivity contribution in [2.24, 2.45) is 17.8 Å². The van der Waals surface area contributed by atoms with E-state index in [1.165, 1.54) is 78.6 Å². The number of Topliss-reactive ketones (excluding diaryl/α,β-unsaturated/α-hetero) is 3. The molecular formula is C36H63CrO9. The summed E-state index contributed by atoms with van der Waals surface area (Å²) >= 11 is 0. The van der Waals surface area contributed by atoms with Gasteiger partial charge in [0.1, 0.15) is 17.3 Å². The van der Waals surface area contributed by atoms with Crippen LogP contribution in [0.5, 0.6) is 0 Å². The van der Waals surface area contributed by atoms with Crippen molar-refractivity contribution >= 4 is 35.3 Å². The van der Waals surface area contributed by atoms with E-state index in [1.807, 2.05) is 0 Å². The fourth-order valence-corrected chi connectivity index (χ4v) is 4.85. The zero-order valence-corrected chi connectivity index (χ0v) is 30.9. The van der Waals surface area contributed by atoms with Gasteiger partial charge in [-0.1, -0.05) is 136 Å². The van der Waals surface area contributed by atoms with Crippen molar-refractivity contribution in [3.63, 3.8) is 0 Å². The molecule has 0 heterocycles. The Labute approximate surface area is 290 Å². The molecule has 0 rings (SSSR count). The van der Waals surface area contributed by atoms with Crippen LogP contribution in [-0.4, -0.2) is 35.3 Å². The Morgan fingerprint density at radius 3 is 0.696 bits per heavy atom. The van der Waals surface area contributed by atoms with E-state index in [-0.39, 0.29) is 34.7 Å². The molecule has 9 nitrogen and oxygen atoms in total. The quantitative estimate of drug-likeness (QED) is 0.0842. The van der Waals surface area contributed by atoms with Gasteiger partial charge in [0, 0.05) is 0 Å². The van der Waals surface area contributed by atoms with E-state index in [4.69, 9.17) is 0 Å². The molecular weight excluding hydrogens is 628 g/mol. The minimum Gasteiger partial charge on any atom is -0.549 e. The Morgan fingerprint density at radius 2 is 0.543 bits per heavy atom. The summed E-state index contributed by atoms with van der Waals surface area (Å²) in [5.74, 6) is -7.22. The van der Waals surface area contributed by atoms with Gasteiger partial charge in [-0.2, -0.15) is 0 Å². The molecule has 0 bridgehead atoms. The second-order valence-electron chi connectivity index (χ2n) is 12.1. The van der Waals surface area contributed by atoms with Crippen LogP contribution in [0.15, 0.2) is 0 Å².